The van der Waals surface area contributed by atoms with E-state index >= 15 is 0 Å². The quantitative estimate of drug-likeness (QED) is 0.334. The van der Waals surface area contributed by atoms with Crippen LogP contribution in [-0.2, 0) is 12.5 Å². The first kappa shape index (κ1) is 21.0. The van der Waals surface area contributed by atoms with Crippen LogP contribution in [0, 0.1) is 0 Å². The highest BCUT2D eigenvalue weighted by Crippen LogP contribution is 2.37. The molecule has 0 aliphatic rings. The Morgan fingerprint density at radius 1 is 0.788 bits per heavy atom. The normalized spacial score (nSPS) is 11.8. The Hall–Kier alpha value is -3.92. The fourth-order valence-electron chi connectivity index (χ4n) is 4.25. The molecule has 0 atom stereocenters. The third-order valence-corrected chi connectivity index (χ3v) is 6.13. The van der Waals surface area contributed by atoms with Crippen molar-refractivity contribution in [3.05, 3.63) is 90.6 Å². The molecule has 0 aliphatic carbocycles. The van der Waals surface area contributed by atoms with Gasteiger partial charge in [-0.1, -0.05) is 57.2 Å². The van der Waals surface area contributed by atoms with Crippen molar-refractivity contribution in [3.8, 4) is 39.5 Å². The topological polar surface area (TPSA) is 50.9 Å². The Labute approximate surface area is 194 Å². The van der Waals surface area contributed by atoms with E-state index in [2.05, 4.69) is 62.2 Å². The zero-order valence-corrected chi connectivity index (χ0v) is 19.4. The van der Waals surface area contributed by atoms with Gasteiger partial charge in [-0.3, -0.25) is 4.98 Å². The summed E-state index contributed by atoms with van der Waals surface area (Å²) in [6.07, 6.45) is 1.83. The summed E-state index contributed by atoms with van der Waals surface area (Å²) in [4.78, 5) is 9.59. The first-order valence-electron chi connectivity index (χ1n) is 11.1. The number of para-hydroxylation sites is 2. The van der Waals surface area contributed by atoms with Gasteiger partial charge in [0.05, 0.1) is 22.3 Å². The average molecular weight is 434 g/mol. The molecule has 33 heavy (non-hydrogen) atoms. The van der Waals surface area contributed by atoms with Crippen LogP contribution in [0.4, 0.5) is 0 Å². The van der Waals surface area contributed by atoms with Gasteiger partial charge in [0.2, 0.25) is 0 Å². The fourth-order valence-corrected chi connectivity index (χ4v) is 4.25. The van der Waals surface area contributed by atoms with Gasteiger partial charge in [0.15, 0.2) is 0 Å². The Morgan fingerprint density at radius 3 is 2.24 bits per heavy atom. The average Bonchev–Trinajstić information content (AvgIpc) is 3.15. The van der Waals surface area contributed by atoms with Crippen LogP contribution in [0.25, 0.3) is 44.8 Å². The van der Waals surface area contributed by atoms with Crippen LogP contribution in [0.5, 0.6) is 5.75 Å². The molecule has 4 nitrogen and oxygen atoms in total. The Balaban J connectivity index is 1.76. The molecule has 4 heteroatoms. The van der Waals surface area contributed by atoms with Crippen LogP contribution in [0.1, 0.15) is 26.3 Å². The van der Waals surface area contributed by atoms with Crippen LogP contribution in [0.15, 0.2) is 85.1 Å². The molecule has 0 radical (unpaired) electrons. The summed E-state index contributed by atoms with van der Waals surface area (Å²) in [6.45, 7) is 6.68. The Kier molecular flexibility index (Phi) is 5.01. The minimum atomic E-state index is -0.0153. The Morgan fingerprint density at radius 2 is 1.52 bits per heavy atom. The number of hydrogen-bond acceptors (Lipinski definition) is 3. The lowest BCUT2D eigenvalue weighted by Crippen LogP contribution is -2.11. The summed E-state index contributed by atoms with van der Waals surface area (Å²) in [5.74, 6) is 0.970. The summed E-state index contributed by atoms with van der Waals surface area (Å²) in [5, 5.41) is 10.4. The number of benzene rings is 3. The van der Waals surface area contributed by atoms with Crippen molar-refractivity contribution in [1.29, 1.82) is 0 Å². The molecule has 2 heterocycles. The first-order valence-corrected chi connectivity index (χ1v) is 11.1. The van der Waals surface area contributed by atoms with E-state index in [1.54, 1.807) is 6.07 Å². The van der Waals surface area contributed by atoms with Gasteiger partial charge >= 0.3 is 0 Å². The molecule has 0 unspecified atom stereocenters. The minimum Gasteiger partial charge on any atom is -0.507 e. The van der Waals surface area contributed by atoms with Crippen molar-refractivity contribution >= 4 is 11.0 Å². The van der Waals surface area contributed by atoms with Gasteiger partial charge in [-0.15, -0.1) is 0 Å². The van der Waals surface area contributed by atoms with Gasteiger partial charge in [0.25, 0.3) is 0 Å². The number of rotatable bonds is 3. The van der Waals surface area contributed by atoms with Crippen molar-refractivity contribution in [2.75, 3.05) is 0 Å². The van der Waals surface area contributed by atoms with Crippen LogP contribution in [-0.4, -0.2) is 19.6 Å². The second kappa shape index (κ2) is 7.89. The van der Waals surface area contributed by atoms with Crippen molar-refractivity contribution in [2.45, 2.75) is 26.2 Å². The highest BCUT2D eigenvalue weighted by molar-refractivity contribution is 5.95. The van der Waals surface area contributed by atoms with Crippen molar-refractivity contribution < 1.29 is 5.11 Å². The second-order valence-corrected chi connectivity index (χ2v) is 9.45. The predicted molar refractivity (Wildman–Crippen MR) is 135 cm³/mol. The lowest BCUT2D eigenvalue weighted by molar-refractivity contribution is 0.476. The van der Waals surface area contributed by atoms with Gasteiger partial charge in [-0.2, -0.15) is 0 Å². The van der Waals surface area contributed by atoms with E-state index in [0.29, 0.717) is 0 Å². The molecule has 0 saturated carbocycles. The largest absolute Gasteiger partial charge is 0.507 e. The standard InChI is InChI=1S/C29H27N3O/c1-29(2,3)21-17-19(16-20(18-21)24-12-7-8-15-30-24)22-11-9-13-25-27(22)31-28(32(25)4)23-10-5-6-14-26(23)33/h5-18,33H,1-4H3. The summed E-state index contributed by atoms with van der Waals surface area (Å²) in [6, 6.07) is 26.3. The van der Waals surface area contributed by atoms with E-state index in [9.17, 15) is 5.11 Å². The number of aromatic hydroxyl groups is 1. The number of phenolic OH excluding ortho intramolecular Hbond substituents is 1. The first-order chi connectivity index (χ1) is 15.8. The Bertz CT molecular complexity index is 1460. The number of nitrogens with zero attached hydrogens (tertiary/aromatic N) is 3. The summed E-state index contributed by atoms with van der Waals surface area (Å²) in [5.41, 5.74) is 8.10. The maximum absolute atomic E-state index is 10.4. The molecule has 0 fully saturated rings. The molecule has 0 saturated heterocycles. The van der Waals surface area contributed by atoms with E-state index < -0.39 is 0 Å². The van der Waals surface area contributed by atoms with E-state index in [4.69, 9.17) is 4.98 Å². The fraction of sp³-hybridized carbons (Fsp3) is 0.172. The third-order valence-electron chi connectivity index (χ3n) is 6.13. The molecule has 0 bridgehead atoms. The molecule has 1 N–H and O–H groups in total. The number of imidazole rings is 1. The zero-order valence-electron chi connectivity index (χ0n) is 19.4. The number of pyridine rings is 1. The predicted octanol–water partition coefficient (Wildman–Crippen LogP) is 6.97. The highest BCUT2D eigenvalue weighted by atomic mass is 16.3. The van der Waals surface area contributed by atoms with E-state index in [1.165, 1.54) is 5.56 Å². The molecular weight excluding hydrogens is 406 g/mol. The maximum Gasteiger partial charge on any atom is 0.144 e. The summed E-state index contributed by atoms with van der Waals surface area (Å²) >= 11 is 0. The molecule has 5 rings (SSSR count). The second-order valence-electron chi connectivity index (χ2n) is 9.45. The monoisotopic (exact) mass is 433 g/mol. The lowest BCUT2D eigenvalue weighted by atomic mass is 9.83. The lowest BCUT2D eigenvalue weighted by Gasteiger charge is -2.21. The van der Waals surface area contributed by atoms with E-state index in [1.807, 2.05) is 54.2 Å². The van der Waals surface area contributed by atoms with Crippen molar-refractivity contribution in [3.63, 3.8) is 0 Å². The minimum absolute atomic E-state index is 0.0153. The van der Waals surface area contributed by atoms with Gasteiger partial charge in [-0.25, -0.2) is 4.98 Å². The number of aromatic nitrogens is 3. The number of phenols is 1. The van der Waals surface area contributed by atoms with Crippen LogP contribution >= 0.6 is 0 Å². The smallest absolute Gasteiger partial charge is 0.144 e. The molecule has 5 aromatic rings. The number of fused-ring (bicyclic) bond motifs is 1. The third kappa shape index (κ3) is 3.78. The summed E-state index contributed by atoms with van der Waals surface area (Å²) < 4.78 is 2.04. The highest BCUT2D eigenvalue weighted by Gasteiger charge is 2.20. The SMILES string of the molecule is Cn1c(-c2ccccc2O)nc2c(-c3cc(-c4ccccn4)cc(C(C)(C)C)c3)cccc21. The van der Waals surface area contributed by atoms with Gasteiger partial charge < -0.3 is 9.67 Å². The molecule has 0 aliphatic heterocycles. The molecule has 2 aromatic heterocycles. The van der Waals surface area contributed by atoms with Crippen LogP contribution in [0.3, 0.4) is 0 Å². The molecule has 3 aromatic carbocycles. The molecule has 164 valence electrons. The van der Waals surface area contributed by atoms with Gasteiger partial charge in [0, 0.05) is 24.4 Å². The molecule has 0 spiro atoms. The van der Waals surface area contributed by atoms with E-state index in [0.717, 1.165) is 44.8 Å². The van der Waals surface area contributed by atoms with E-state index in [-0.39, 0.29) is 11.2 Å². The maximum atomic E-state index is 10.4. The van der Waals surface area contributed by atoms with Crippen molar-refractivity contribution in [1.82, 2.24) is 14.5 Å². The summed E-state index contributed by atoms with van der Waals surface area (Å²) in [7, 11) is 1.99. The molecular formula is C29H27N3O. The zero-order chi connectivity index (χ0) is 23.2. The van der Waals surface area contributed by atoms with Gasteiger partial charge in [0.1, 0.15) is 11.6 Å². The van der Waals surface area contributed by atoms with Crippen molar-refractivity contribution in [2.24, 2.45) is 7.05 Å². The van der Waals surface area contributed by atoms with Crippen LogP contribution < -0.4 is 0 Å². The van der Waals surface area contributed by atoms with Gasteiger partial charge in [-0.05, 0) is 59.0 Å². The van der Waals surface area contributed by atoms with Crippen LogP contribution in [0.2, 0.25) is 0 Å². The number of aryl methyl sites for hydroxylation is 1. The molecule has 0 amide bonds. The number of hydrogen-bond donors (Lipinski definition) is 1.